The van der Waals surface area contributed by atoms with Crippen LogP contribution in [0.4, 0.5) is 0 Å². The number of benzene rings is 1. The summed E-state index contributed by atoms with van der Waals surface area (Å²) in [6, 6.07) is 7.48. The second-order valence-corrected chi connectivity index (χ2v) is 5.12. The Morgan fingerprint density at radius 2 is 1.95 bits per heavy atom. The van der Waals surface area contributed by atoms with E-state index in [2.05, 4.69) is 10.2 Å². The Hall–Kier alpha value is -2.15. The van der Waals surface area contributed by atoms with Crippen LogP contribution in [-0.2, 0) is 11.3 Å². The van der Waals surface area contributed by atoms with Gasteiger partial charge in [-0.2, -0.15) is 5.10 Å². The second kappa shape index (κ2) is 7.22. The fourth-order valence-corrected chi connectivity index (χ4v) is 2.43. The summed E-state index contributed by atoms with van der Waals surface area (Å²) in [5, 5.41) is 7.00. The zero-order valence-corrected chi connectivity index (χ0v) is 13.8. The first-order valence-electron chi connectivity index (χ1n) is 7.18. The number of carbonyl (C=O) groups is 1. The molecule has 0 atom stereocenters. The number of aromatic amines is 1. The topological polar surface area (TPSA) is 63.1 Å². The van der Waals surface area contributed by atoms with Crippen LogP contribution < -0.4 is 4.74 Å². The van der Waals surface area contributed by atoms with Crippen LogP contribution >= 0.6 is 12.2 Å². The van der Waals surface area contributed by atoms with Crippen molar-refractivity contribution in [1.82, 2.24) is 19.7 Å². The maximum absolute atomic E-state index is 12.3. The number of hydrogen-bond acceptors (Lipinski definition) is 4. The molecule has 0 spiro atoms. The highest BCUT2D eigenvalue weighted by molar-refractivity contribution is 7.71. The third-order valence-corrected chi connectivity index (χ3v) is 3.83. The van der Waals surface area contributed by atoms with Gasteiger partial charge in [0, 0.05) is 18.7 Å². The number of amides is 1. The number of H-pyrrole nitrogens is 1. The van der Waals surface area contributed by atoms with E-state index in [1.165, 1.54) is 0 Å². The Bertz CT molecular complexity index is 686. The van der Waals surface area contributed by atoms with Crippen molar-refractivity contribution in [1.29, 1.82) is 0 Å². The van der Waals surface area contributed by atoms with E-state index in [0.717, 1.165) is 11.3 Å². The summed E-state index contributed by atoms with van der Waals surface area (Å²) in [5.41, 5.74) is 0.875. The van der Waals surface area contributed by atoms with Gasteiger partial charge in [-0.15, -0.1) is 0 Å². The molecule has 0 radical (unpaired) electrons. The summed E-state index contributed by atoms with van der Waals surface area (Å²) in [6.45, 7) is 5.45. The van der Waals surface area contributed by atoms with Crippen molar-refractivity contribution in [2.24, 2.45) is 0 Å². The second-order valence-electron chi connectivity index (χ2n) is 4.73. The summed E-state index contributed by atoms with van der Waals surface area (Å²) >= 11 is 5.25. The van der Waals surface area contributed by atoms with Gasteiger partial charge in [0.25, 0.3) is 0 Å². The summed E-state index contributed by atoms with van der Waals surface area (Å²) in [6.07, 6.45) is 0. The van der Waals surface area contributed by atoms with Gasteiger partial charge in [0.05, 0.1) is 7.11 Å². The van der Waals surface area contributed by atoms with Crippen LogP contribution in [0.1, 0.15) is 13.8 Å². The van der Waals surface area contributed by atoms with E-state index in [1.807, 2.05) is 38.1 Å². The van der Waals surface area contributed by atoms with Crippen LogP contribution in [0.15, 0.2) is 24.3 Å². The standard InChI is InChI=1S/C15H20N4O2S/c1-4-18(5-2)13(20)10-19-14(16-17-15(19)22)11-6-8-12(21-3)9-7-11/h6-9H,4-5,10H2,1-3H3,(H,17,22). The predicted octanol–water partition coefficient (Wildman–Crippen LogP) is 2.48. The van der Waals surface area contributed by atoms with E-state index in [-0.39, 0.29) is 12.5 Å². The molecule has 2 aromatic rings. The molecule has 0 saturated carbocycles. The molecule has 0 fully saturated rings. The van der Waals surface area contributed by atoms with Gasteiger partial charge < -0.3 is 9.64 Å². The van der Waals surface area contributed by atoms with Gasteiger partial charge in [-0.25, -0.2) is 0 Å². The largest absolute Gasteiger partial charge is 0.497 e. The van der Waals surface area contributed by atoms with Crippen LogP contribution in [0.2, 0.25) is 0 Å². The van der Waals surface area contributed by atoms with Gasteiger partial charge >= 0.3 is 0 Å². The van der Waals surface area contributed by atoms with Crippen molar-refractivity contribution in [2.75, 3.05) is 20.2 Å². The molecule has 6 nitrogen and oxygen atoms in total. The third-order valence-electron chi connectivity index (χ3n) is 3.52. The summed E-state index contributed by atoms with van der Waals surface area (Å²) in [4.78, 5) is 14.1. The van der Waals surface area contributed by atoms with Crippen molar-refractivity contribution in [3.63, 3.8) is 0 Å². The Morgan fingerprint density at radius 3 is 2.50 bits per heavy atom. The number of carbonyl (C=O) groups excluding carboxylic acids is 1. The smallest absolute Gasteiger partial charge is 0.242 e. The van der Waals surface area contributed by atoms with Crippen LogP contribution in [0.3, 0.4) is 0 Å². The first kappa shape index (κ1) is 16.2. The summed E-state index contributed by atoms with van der Waals surface area (Å²) in [7, 11) is 1.62. The minimum absolute atomic E-state index is 0.0252. The summed E-state index contributed by atoms with van der Waals surface area (Å²) in [5.74, 6) is 1.44. The lowest BCUT2D eigenvalue weighted by molar-refractivity contribution is -0.131. The van der Waals surface area contributed by atoms with Crippen molar-refractivity contribution in [2.45, 2.75) is 20.4 Å². The van der Waals surface area contributed by atoms with E-state index in [1.54, 1.807) is 16.6 Å². The molecule has 1 amide bonds. The van der Waals surface area contributed by atoms with Gasteiger partial charge in [-0.3, -0.25) is 14.5 Å². The van der Waals surface area contributed by atoms with Crippen molar-refractivity contribution in [3.8, 4) is 17.1 Å². The average molecular weight is 320 g/mol. The Kier molecular flexibility index (Phi) is 5.32. The van der Waals surface area contributed by atoms with Gasteiger partial charge in [-0.05, 0) is 50.3 Å². The maximum atomic E-state index is 12.3. The molecule has 1 aromatic carbocycles. The first-order valence-corrected chi connectivity index (χ1v) is 7.58. The molecule has 118 valence electrons. The Labute approximate surface area is 134 Å². The fraction of sp³-hybridized carbons (Fsp3) is 0.400. The lowest BCUT2D eigenvalue weighted by Crippen LogP contribution is -2.33. The van der Waals surface area contributed by atoms with Crippen LogP contribution in [0.5, 0.6) is 5.75 Å². The zero-order valence-electron chi connectivity index (χ0n) is 13.0. The molecule has 1 N–H and O–H groups in total. The van der Waals surface area contributed by atoms with Gasteiger partial charge in [0.1, 0.15) is 12.3 Å². The Morgan fingerprint density at radius 1 is 1.32 bits per heavy atom. The predicted molar refractivity (Wildman–Crippen MR) is 87.3 cm³/mol. The quantitative estimate of drug-likeness (QED) is 0.831. The van der Waals surface area contributed by atoms with Crippen LogP contribution in [0, 0.1) is 4.77 Å². The fourth-order valence-electron chi connectivity index (χ4n) is 2.24. The maximum Gasteiger partial charge on any atom is 0.242 e. The molecule has 0 aliphatic heterocycles. The molecule has 0 aliphatic rings. The highest BCUT2D eigenvalue weighted by Crippen LogP contribution is 2.21. The minimum Gasteiger partial charge on any atom is -0.497 e. The van der Waals surface area contributed by atoms with E-state index in [9.17, 15) is 4.79 Å². The number of hydrogen-bond donors (Lipinski definition) is 1. The highest BCUT2D eigenvalue weighted by atomic mass is 32.1. The lowest BCUT2D eigenvalue weighted by atomic mass is 10.2. The number of nitrogens with zero attached hydrogens (tertiary/aromatic N) is 3. The van der Waals surface area contributed by atoms with Crippen molar-refractivity contribution < 1.29 is 9.53 Å². The monoisotopic (exact) mass is 320 g/mol. The zero-order chi connectivity index (χ0) is 16.1. The number of rotatable bonds is 6. The number of methoxy groups -OCH3 is 1. The number of ether oxygens (including phenoxy) is 1. The van der Waals surface area contributed by atoms with E-state index in [0.29, 0.717) is 23.7 Å². The van der Waals surface area contributed by atoms with E-state index in [4.69, 9.17) is 17.0 Å². The molecule has 0 saturated heterocycles. The normalized spacial score (nSPS) is 10.5. The van der Waals surface area contributed by atoms with E-state index >= 15 is 0 Å². The number of likely N-dealkylation sites (N-methyl/N-ethyl adjacent to an activating group) is 1. The van der Waals surface area contributed by atoms with Gasteiger partial charge in [0.15, 0.2) is 10.6 Å². The number of nitrogens with one attached hydrogen (secondary N) is 1. The van der Waals surface area contributed by atoms with E-state index < -0.39 is 0 Å². The van der Waals surface area contributed by atoms with Gasteiger partial charge in [-0.1, -0.05) is 0 Å². The molecule has 7 heteroatoms. The molecule has 2 rings (SSSR count). The molecule has 1 aromatic heterocycles. The molecule has 0 unspecified atom stereocenters. The average Bonchev–Trinajstić information content (AvgIpc) is 2.90. The molecular formula is C15H20N4O2S. The minimum atomic E-state index is 0.0252. The number of aromatic nitrogens is 3. The SMILES string of the molecule is CCN(CC)C(=O)Cn1c(-c2ccc(OC)cc2)n[nH]c1=S. The molecule has 0 aliphatic carbocycles. The van der Waals surface area contributed by atoms with Crippen LogP contribution in [0.25, 0.3) is 11.4 Å². The molecular weight excluding hydrogens is 300 g/mol. The van der Waals surface area contributed by atoms with Crippen molar-refractivity contribution >= 4 is 18.1 Å². The summed E-state index contributed by atoms with van der Waals surface area (Å²) < 4.78 is 7.31. The van der Waals surface area contributed by atoms with Crippen LogP contribution in [-0.4, -0.2) is 45.8 Å². The Balaban J connectivity index is 2.31. The van der Waals surface area contributed by atoms with Gasteiger partial charge in [0.2, 0.25) is 5.91 Å². The molecule has 22 heavy (non-hydrogen) atoms. The highest BCUT2D eigenvalue weighted by Gasteiger charge is 2.15. The molecule has 1 heterocycles. The molecule has 0 bridgehead atoms. The lowest BCUT2D eigenvalue weighted by Gasteiger charge is -2.19. The third kappa shape index (κ3) is 3.36. The first-order chi connectivity index (χ1) is 10.6. The van der Waals surface area contributed by atoms with Crippen molar-refractivity contribution in [3.05, 3.63) is 29.0 Å².